The molecule has 5 atom stereocenters. The van der Waals surface area contributed by atoms with Crippen molar-refractivity contribution >= 4 is 5.97 Å². The van der Waals surface area contributed by atoms with Gasteiger partial charge < -0.3 is 29.9 Å². The van der Waals surface area contributed by atoms with Gasteiger partial charge in [0.05, 0.1) is 0 Å². The number of hydrogen-bond donors (Lipinski definition) is 4. The molecule has 0 aromatic rings. The molecule has 0 amide bonds. The monoisotopic (exact) mass is 362 g/mol. The Labute approximate surface area is 150 Å². The minimum atomic E-state index is -1.89. The van der Waals surface area contributed by atoms with Crippen molar-refractivity contribution in [1.82, 2.24) is 0 Å². The van der Waals surface area contributed by atoms with Crippen LogP contribution in [0.15, 0.2) is 0 Å². The molecule has 1 aliphatic rings. The third-order valence-electron chi connectivity index (χ3n) is 4.60. The lowest BCUT2D eigenvalue weighted by molar-refractivity contribution is -0.186. The summed E-state index contributed by atoms with van der Waals surface area (Å²) >= 11 is 0. The van der Waals surface area contributed by atoms with Crippen LogP contribution in [0.4, 0.5) is 0 Å². The normalized spacial score (nSPS) is 27.5. The molecule has 1 rings (SSSR count). The number of rotatable bonds is 14. The van der Waals surface area contributed by atoms with Crippen LogP contribution in [0.2, 0.25) is 0 Å². The Bertz CT molecular complexity index is 363. The van der Waals surface area contributed by atoms with Crippen LogP contribution in [0.25, 0.3) is 0 Å². The van der Waals surface area contributed by atoms with Gasteiger partial charge in [-0.25, -0.2) is 4.79 Å². The molecular formula is C18H34O7. The SMILES string of the molecule is CCCCCCCCCCCCO[C@H]1O[C@H]([C@H](O)C(=O)O)[C@H](O)[C@@H]1O. The van der Waals surface area contributed by atoms with Crippen LogP contribution < -0.4 is 0 Å². The standard InChI is InChI=1S/C18H34O7/c1-2-3-4-5-6-7-8-9-10-11-12-24-18-14(20)13(19)16(25-18)15(21)17(22)23/h13-16,18-21H,2-12H2,1H3,(H,22,23)/t13-,14+,15+,16+,18+/m1/s1. The zero-order valence-electron chi connectivity index (χ0n) is 15.2. The minimum Gasteiger partial charge on any atom is -0.479 e. The average Bonchev–Trinajstić information content (AvgIpc) is 2.87. The van der Waals surface area contributed by atoms with Crippen molar-refractivity contribution in [3.63, 3.8) is 0 Å². The first-order valence-corrected chi connectivity index (χ1v) is 9.53. The maximum Gasteiger partial charge on any atom is 0.335 e. The van der Waals surface area contributed by atoms with Crippen LogP contribution >= 0.6 is 0 Å². The van der Waals surface area contributed by atoms with Gasteiger partial charge in [-0.1, -0.05) is 64.7 Å². The van der Waals surface area contributed by atoms with Gasteiger partial charge in [-0.15, -0.1) is 0 Å². The van der Waals surface area contributed by atoms with E-state index >= 15 is 0 Å². The lowest BCUT2D eigenvalue weighted by Gasteiger charge is -2.17. The fraction of sp³-hybridized carbons (Fsp3) is 0.944. The van der Waals surface area contributed by atoms with Gasteiger partial charge in [0.2, 0.25) is 0 Å². The topological polar surface area (TPSA) is 116 Å². The number of carbonyl (C=O) groups is 1. The van der Waals surface area contributed by atoms with Crippen molar-refractivity contribution < 1.29 is 34.7 Å². The molecule has 0 aliphatic carbocycles. The van der Waals surface area contributed by atoms with Gasteiger partial charge in [-0.2, -0.15) is 0 Å². The van der Waals surface area contributed by atoms with E-state index in [0.717, 1.165) is 19.3 Å². The fourth-order valence-electron chi connectivity index (χ4n) is 3.00. The Morgan fingerprint density at radius 3 is 2.00 bits per heavy atom. The highest BCUT2D eigenvalue weighted by Crippen LogP contribution is 2.25. The van der Waals surface area contributed by atoms with Gasteiger partial charge in [0, 0.05) is 6.61 Å². The van der Waals surface area contributed by atoms with Crippen LogP contribution in [0.3, 0.4) is 0 Å². The zero-order chi connectivity index (χ0) is 18.7. The summed E-state index contributed by atoms with van der Waals surface area (Å²) in [6, 6.07) is 0. The summed E-state index contributed by atoms with van der Waals surface area (Å²) in [5.74, 6) is -1.51. The van der Waals surface area contributed by atoms with Gasteiger partial charge in [-0.3, -0.25) is 0 Å². The minimum absolute atomic E-state index is 0.362. The van der Waals surface area contributed by atoms with E-state index in [9.17, 15) is 20.1 Å². The maximum absolute atomic E-state index is 10.7. The molecule has 0 spiro atoms. The number of aliphatic hydroxyl groups excluding tert-OH is 3. The molecular weight excluding hydrogens is 328 g/mol. The first-order chi connectivity index (χ1) is 12.0. The molecule has 0 unspecified atom stereocenters. The molecule has 25 heavy (non-hydrogen) atoms. The van der Waals surface area contributed by atoms with Crippen molar-refractivity contribution in [2.45, 2.75) is 102 Å². The second-order valence-electron chi connectivity index (χ2n) is 6.79. The molecule has 0 aromatic heterocycles. The predicted octanol–water partition coefficient (Wildman–Crippen LogP) is 1.82. The van der Waals surface area contributed by atoms with E-state index in [2.05, 4.69) is 6.92 Å². The summed E-state index contributed by atoms with van der Waals surface area (Å²) in [4.78, 5) is 10.7. The van der Waals surface area contributed by atoms with Gasteiger partial charge >= 0.3 is 5.97 Å². The van der Waals surface area contributed by atoms with Crippen molar-refractivity contribution in [2.24, 2.45) is 0 Å². The van der Waals surface area contributed by atoms with Gasteiger partial charge in [0.25, 0.3) is 0 Å². The molecule has 7 heteroatoms. The molecule has 4 N–H and O–H groups in total. The third-order valence-corrected chi connectivity index (χ3v) is 4.60. The average molecular weight is 362 g/mol. The summed E-state index contributed by atoms with van der Waals surface area (Å²) in [7, 11) is 0. The summed E-state index contributed by atoms with van der Waals surface area (Å²) in [6.45, 7) is 2.58. The van der Waals surface area contributed by atoms with Crippen molar-refractivity contribution in [1.29, 1.82) is 0 Å². The lowest BCUT2D eigenvalue weighted by atomic mass is 10.1. The first-order valence-electron chi connectivity index (χ1n) is 9.53. The highest BCUT2D eigenvalue weighted by atomic mass is 16.7. The number of unbranched alkanes of at least 4 members (excludes halogenated alkanes) is 9. The summed E-state index contributed by atoms with van der Waals surface area (Å²) in [5.41, 5.74) is 0. The number of carboxylic acid groups (broad SMARTS) is 1. The van der Waals surface area contributed by atoms with E-state index in [4.69, 9.17) is 14.6 Å². The largest absolute Gasteiger partial charge is 0.479 e. The van der Waals surface area contributed by atoms with Crippen LogP contribution in [0.1, 0.15) is 71.1 Å². The molecule has 0 radical (unpaired) electrons. The van der Waals surface area contributed by atoms with Gasteiger partial charge in [-0.05, 0) is 6.42 Å². The fourth-order valence-corrected chi connectivity index (χ4v) is 3.00. The molecule has 1 fully saturated rings. The van der Waals surface area contributed by atoms with Crippen molar-refractivity contribution in [3.05, 3.63) is 0 Å². The van der Waals surface area contributed by atoms with Crippen LogP contribution in [0.5, 0.6) is 0 Å². The number of ether oxygens (including phenoxy) is 2. The highest BCUT2D eigenvalue weighted by molar-refractivity contribution is 5.72. The number of carboxylic acids is 1. The number of hydrogen-bond acceptors (Lipinski definition) is 6. The molecule has 1 heterocycles. The van der Waals surface area contributed by atoms with Crippen LogP contribution in [-0.2, 0) is 14.3 Å². The first kappa shape index (κ1) is 22.3. The predicted molar refractivity (Wildman–Crippen MR) is 92.1 cm³/mol. The third kappa shape index (κ3) is 8.00. The Morgan fingerprint density at radius 2 is 1.48 bits per heavy atom. The second kappa shape index (κ2) is 12.6. The van der Waals surface area contributed by atoms with E-state index in [1.165, 1.54) is 44.9 Å². The van der Waals surface area contributed by atoms with E-state index in [0.29, 0.717) is 6.61 Å². The number of aliphatic hydroxyl groups is 3. The van der Waals surface area contributed by atoms with E-state index in [-0.39, 0.29) is 0 Å². The summed E-state index contributed by atoms with van der Waals surface area (Å²) in [5, 5.41) is 37.7. The van der Waals surface area contributed by atoms with E-state index < -0.39 is 36.7 Å². The van der Waals surface area contributed by atoms with Crippen LogP contribution in [-0.4, -0.2) is 63.7 Å². The molecule has 0 bridgehead atoms. The maximum atomic E-state index is 10.7. The molecule has 7 nitrogen and oxygen atoms in total. The smallest absolute Gasteiger partial charge is 0.335 e. The van der Waals surface area contributed by atoms with Crippen molar-refractivity contribution in [3.8, 4) is 0 Å². The molecule has 0 saturated carbocycles. The molecule has 1 aliphatic heterocycles. The number of aliphatic carboxylic acids is 1. The lowest BCUT2D eigenvalue weighted by Crippen LogP contribution is -2.42. The molecule has 0 aromatic carbocycles. The van der Waals surface area contributed by atoms with Gasteiger partial charge in [0.1, 0.15) is 18.3 Å². The van der Waals surface area contributed by atoms with Crippen LogP contribution in [0, 0.1) is 0 Å². The zero-order valence-corrected chi connectivity index (χ0v) is 15.2. The van der Waals surface area contributed by atoms with Crippen molar-refractivity contribution in [2.75, 3.05) is 6.61 Å². The Morgan fingerprint density at radius 1 is 0.960 bits per heavy atom. The Hall–Kier alpha value is -0.730. The summed E-state index contributed by atoms with van der Waals surface area (Å²) in [6.07, 6.45) is 4.74. The van der Waals surface area contributed by atoms with E-state index in [1.54, 1.807) is 0 Å². The molecule has 1 saturated heterocycles. The van der Waals surface area contributed by atoms with Gasteiger partial charge in [0.15, 0.2) is 12.4 Å². The highest BCUT2D eigenvalue weighted by Gasteiger charge is 2.48. The second-order valence-corrected chi connectivity index (χ2v) is 6.79. The Balaban J connectivity index is 2.05. The Kier molecular flexibility index (Phi) is 11.2. The van der Waals surface area contributed by atoms with E-state index in [1.807, 2.05) is 0 Å². The summed E-state index contributed by atoms with van der Waals surface area (Å²) < 4.78 is 10.5. The molecule has 148 valence electrons. The quantitative estimate of drug-likeness (QED) is 0.348.